The van der Waals surface area contributed by atoms with Crippen LogP contribution in [0.1, 0.15) is 47.2 Å². The molecule has 11 aromatic rings. The molecular formula is C73H61N3. The first-order valence-corrected chi connectivity index (χ1v) is 26.5. The fraction of sp³-hybridized carbons (Fsp3) is 0.0959. The van der Waals surface area contributed by atoms with Gasteiger partial charge in [-0.1, -0.05) is 166 Å². The Morgan fingerprint density at radius 2 is 0.526 bits per heavy atom. The molecule has 0 spiro atoms. The van der Waals surface area contributed by atoms with Crippen molar-refractivity contribution < 1.29 is 0 Å². The number of benzene rings is 11. The van der Waals surface area contributed by atoms with E-state index in [1.54, 1.807) is 0 Å². The van der Waals surface area contributed by atoms with Crippen LogP contribution < -0.4 is 14.7 Å². The molecule has 368 valence electrons. The van der Waals surface area contributed by atoms with Crippen LogP contribution in [0.3, 0.4) is 0 Å². The van der Waals surface area contributed by atoms with Crippen LogP contribution in [0.2, 0.25) is 0 Å². The van der Waals surface area contributed by atoms with Gasteiger partial charge in [0.2, 0.25) is 0 Å². The zero-order valence-electron chi connectivity index (χ0n) is 44.2. The van der Waals surface area contributed by atoms with Crippen LogP contribution >= 0.6 is 0 Å². The van der Waals surface area contributed by atoms with Crippen molar-refractivity contribution in [3.05, 3.63) is 294 Å². The molecule has 0 fully saturated rings. The van der Waals surface area contributed by atoms with Gasteiger partial charge in [0.1, 0.15) is 0 Å². The Morgan fingerprint density at radius 3 is 0.961 bits per heavy atom. The van der Waals surface area contributed by atoms with Crippen LogP contribution in [0, 0.1) is 27.7 Å². The topological polar surface area (TPSA) is 9.72 Å². The van der Waals surface area contributed by atoms with E-state index in [4.69, 9.17) is 0 Å². The first-order valence-electron chi connectivity index (χ1n) is 26.5. The second-order valence-electron chi connectivity index (χ2n) is 20.8. The van der Waals surface area contributed by atoms with E-state index >= 15 is 0 Å². The van der Waals surface area contributed by atoms with Crippen molar-refractivity contribution in [2.24, 2.45) is 0 Å². The highest BCUT2D eigenvalue weighted by Gasteiger charge is 2.36. The number of rotatable bonds is 12. The zero-order chi connectivity index (χ0) is 51.9. The minimum Gasteiger partial charge on any atom is -0.310 e. The lowest BCUT2D eigenvalue weighted by atomic mass is 9.82. The molecule has 1 aliphatic carbocycles. The molecule has 0 bridgehead atoms. The Balaban J connectivity index is 0.897. The molecule has 0 radical (unpaired) electrons. The summed E-state index contributed by atoms with van der Waals surface area (Å²) in [6, 6.07) is 95.2. The van der Waals surface area contributed by atoms with Crippen molar-refractivity contribution in [3.8, 4) is 44.5 Å². The van der Waals surface area contributed by atoms with E-state index in [-0.39, 0.29) is 5.41 Å². The first kappa shape index (κ1) is 47.8. The Kier molecular flexibility index (Phi) is 12.5. The van der Waals surface area contributed by atoms with Crippen LogP contribution in [0.15, 0.2) is 261 Å². The van der Waals surface area contributed by atoms with E-state index in [0.717, 1.165) is 51.2 Å². The van der Waals surface area contributed by atoms with Gasteiger partial charge in [-0.15, -0.1) is 0 Å². The summed E-state index contributed by atoms with van der Waals surface area (Å²) in [7, 11) is 0. The van der Waals surface area contributed by atoms with E-state index in [1.807, 2.05) is 0 Å². The molecule has 0 N–H and O–H groups in total. The fourth-order valence-electron chi connectivity index (χ4n) is 11.7. The average Bonchev–Trinajstić information content (AvgIpc) is 3.68. The number of aryl methyl sites for hydroxylation is 4. The molecule has 0 atom stereocenters. The van der Waals surface area contributed by atoms with Crippen molar-refractivity contribution in [2.75, 3.05) is 14.7 Å². The van der Waals surface area contributed by atoms with Crippen molar-refractivity contribution >= 4 is 51.2 Å². The molecular weight excluding hydrogens is 919 g/mol. The van der Waals surface area contributed by atoms with E-state index < -0.39 is 0 Å². The van der Waals surface area contributed by atoms with Crippen molar-refractivity contribution in [2.45, 2.75) is 47.0 Å². The summed E-state index contributed by atoms with van der Waals surface area (Å²) in [6.45, 7) is 13.7. The van der Waals surface area contributed by atoms with Gasteiger partial charge >= 0.3 is 0 Å². The van der Waals surface area contributed by atoms with Gasteiger partial charge in [-0.3, -0.25) is 0 Å². The second-order valence-corrected chi connectivity index (χ2v) is 20.8. The minimum absolute atomic E-state index is 0.0992. The molecule has 0 amide bonds. The van der Waals surface area contributed by atoms with E-state index in [0.29, 0.717) is 0 Å². The molecule has 11 aromatic carbocycles. The van der Waals surface area contributed by atoms with Gasteiger partial charge in [0.15, 0.2) is 0 Å². The summed E-state index contributed by atoms with van der Waals surface area (Å²) in [4.78, 5) is 7.15. The predicted molar refractivity (Wildman–Crippen MR) is 323 cm³/mol. The third kappa shape index (κ3) is 8.84. The maximum Gasteiger partial charge on any atom is 0.0467 e. The van der Waals surface area contributed by atoms with Gasteiger partial charge < -0.3 is 14.7 Å². The third-order valence-corrected chi connectivity index (χ3v) is 15.5. The summed E-state index contributed by atoms with van der Waals surface area (Å²) in [6.07, 6.45) is 0. The molecule has 0 aliphatic heterocycles. The van der Waals surface area contributed by atoms with Gasteiger partial charge in [-0.05, 0) is 215 Å². The lowest BCUT2D eigenvalue weighted by Crippen LogP contribution is -2.16. The summed E-state index contributed by atoms with van der Waals surface area (Å²) >= 11 is 0. The molecule has 3 heteroatoms. The number of hydrogen-bond acceptors (Lipinski definition) is 3. The summed E-state index contributed by atoms with van der Waals surface area (Å²) in [5.41, 5.74) is 27.5. The van der Waals surface area contributed by atoms with Gasteiger partial charge in [0, 0.05) is 56.6 Å². The standard InChI is InChI=1S/C73H61N3/c1-50-44-60(74(56-25-13-8-14-26-56)57-27-15-9-16-28-57)34-39-65(50)67-41-36-62(46-52(67)3)76(59-31-21-24-55(48-59)54-22-11-7-12-23-54)63-37-42-68(53(4)47-63)66-40-35-61(45-51(66)2)75(58-29-17-10-18-30-58)64-38-43-70-69-32-19-20-33-71(69)73(5,6)72(70)49-64/h7-49H,1-6H3. The Hall–Kier alpha value is -9.18. The fourth-order valence-corrected chi connectivity index (χ4v) is 11.7. The van der Waals surface area contributed by atoms with E-state index in [1.165, 1.54) is 77.9 Å². The molecule has 0 saturated heterocycles. The highest BCUT2D eigenvalue weighted by molar-refractivity contribution is 5.89. The van der Waals surface area contributed by atoms with Crippen molar-refractivity contribution in [3.63, 3.8) is 0 Å². The normalized spacial score (nSPS) is 12.2. The van der Waals surface area contributed by atoms with Crippen LogP contribution in [0.5, 0.6) is 0 Å². The smallest absolute Gasteiger partial charge is 0.0467 e. The summed E-state index contributed by atoms with van der Waals surface area (Å²) in [5.74, 6) is 0. The molecule has 3 nitrogen and oxygen atoms in total. The number of anilines is 9. The average molecular weight is 980 g/mol. The Morgan fingerprint density at radius 1 is 0.224 bits per heavy atom. The van der Waals surface area contributed by atoms with Crippen LogP contribution in [-0.4, -0.2) is 0 Å². The highest BCUT2D eigenvalue weighted by Crippen LogP contribution is 2.51. The molecule has 76 heavy (non-hydrogen) atoms. The third-order valence-electron chi connectivity index (χ3n) is 15.5. The van der Waals surface area contributed by atoms with Crippen LogP contribution in [0.4, 0.5) is 51.2 Å². The Labute approximate surface area is 449 Å². The quantitative estimate of drug-likeness (QED) is 0.121. The lowest BCUT2D eigenvalue weighted by molar-refractivity contribution is 0.660. The van der Waals surface area contributed by atoms with Crippen LogP contribution in [-0.2, 0) is 5.41 Å². The SMILES string of the molecule is Cc1cc(N(c2ccccc2)c2ccccc2)ccc1-c1ccc(N(c2cccc(-c3ccccc3)c2)c2ccc(-c3ccc(N(c4ccccc4)c4ccc5c(c4)C(C)(C)c4ccccc4-5)cc3C)c(C)c2)cc1C. The van der Waals surface area contributed by atoms with Crippen LogP contribution in [0.25, 0.3) is 44.5 Å². The minimum atomic E-state index is -0.0992. The summed E-state index contributed by atoms with van der Waals surface area (Å²) in [5, 5.41) is 0. The van der Waals surface area contributed by atoms with Crippen molar-refractivity contribution in [1.29, 1.82) is 0 Å². The van der Waals surface area contributed by atoms with E-state index in [2.05, 4.69) is 317 Å². The maximum atomic E-state index is 2.41. The molecule has 0 saturated carbocycles. The van der Waals surface area contributed by atoms with Gasteiger partial charge in [0.05, 0.1) is 0 Å². The maximum absolute atomic E-state index is 2.41. The zero-order valence-corrected chi connectivity index (χ0v) is 44.2. The molecule has 0 heterocycles. The molecule has 12 rings (SSSR count). The van der Waals surface area contributed by atoms with Gasteiger partial charge in [0.25, 0.3) is 0 Å². The van der Waals surface area contributed by atoms with Gasteiger partial charge in [-0.2, -0.15) is 0 Å². The molecule has 0 unspecified atom stereocenters. The van der Waals surface area contributed by atoms with Gasteiger partial charge in [-0.25, -0.2) is 0 Å². The molecule has 0 aromatic heterocycles. The monoisotopic (exact) mass is 979 g/mol. The number of fused-ring (bicyclic) bond motifs is 3. The summed E-state index contributed by atoms with van der Waals surface area (Å²) < 4.78 is 0. The van der Waals surface area contributed by atoms with Crippen molar-refractivity contribution in [1.82, 2.24) is 0 Å². The number of hydrogen-bond donors (Lipinski definition) is 0. The Bertz CT molecular complexity index is 3860. The lowest BCUT2D eigenvalue weighted by Gasteiger charge is -2.29. The van der Waals surface area contributed by atoms with E-state index in [9.17, 15) is 0 Å². The number of nitrogens with zero attached hydrogens (tertiary/aromatic N) is 3. The predicted octanol–water partition coefficient (Wildman–Crippen LogP) is 20.6. The molecule has 1 aliphatic rings. The largest absolute Gasteiger partial charge is 0.310 e. The number of para-hydroxylation sites is 3. The highest BCUT2D eigenvalue weighted by atomic mass is 15.2. The first-order chi connectivity index (χ1) is 37.1. The second kappa shape index (κ2) is 19.9.